The van der Waals surface area contributed by atoms with Gasteiger partial charge in [-0.2, -0.15) is 0 Å². The Balaban J connectivity index is 1.98. The Morgan fingerprint density at radius 1 is 1.20 bits per heavy atom. The fourth-order valence-electron chi connectivity index (χ4n) is 1.28. The highest BCUT2D eigenvalue weighted by atomic mass is 19.1. The normalized spacial score (nSPS) is 12.7. The molecule has 1 rings (SSSR count). The van der Waals surface area contributed by atoms with Crippen LogP contribution < -0.4 is 0 Å². The van der Waals surface area contributed by atoms with Crippen molar-refractivity contribution >= 4 is 0 Å². The largest absolute Gasteiger partial charge is 0.377 e. The van der Waals surface area contributed by atoms with Crippen molar-refractivity contribution in [3.05, 3.63) is 35.9 Å². The predicted octanol–water partition coefficient (Wildman–Crippen LogP) is 2.66. The molecule has 1 unspecified atom stereocenters. The number of hydrogen-bond acceptors (Lipinski definition) is 2. The lowest BCUT2D eigenvalue weighted by Crippen LogP contribution is -1.99. The van der Waals surface area contributed by atoms with Crippen molar-refractivity contribution in [3.8, 4) is 0 Å². The first-order chi connectivity index (χ1) is 7.29. The molecule has 0 aromatic heterocycles. The second-order valence-electron chi connectivity index (χ2n) is 3.47. The average molecular weight is 212 g/mol. The maximum absolute atomic E-state index is 12.0. The van der Waals surface area contributed by atoms with E-state index in [2.05, 4.69) is 0 Å². The monoisotopic (exact) mass is 212 g/mol. The Morgan fingerprint density at radius 2 is 1.93 bits per heavy atom. The van der Waals surface area contributed by atoms with Crippen molar-refractivity contribution in [1.82, 2.24) is 0 Å². The zero-order valence-electron chi connectivity index (χ0n) is 8.73. The molecule has 2 nitrogen and oxygen atoms in total. The summed E-state index contributed by atoms with van der Waals surface area (Å²) in [5.74, 6) is 0. The third kappa shape index (κ3) is 6.20. The summed E-state index contributed by atoms with van der Waals surface area (Å²) in [6.45, 7) is 1.21. The number of aliphatic hydroxyl groups is 1. The van der Waals surface area contributed by atoms with Crippen molar-refractivity contribution in [3.63, 3.8) is 0 Å². The lowest BCUT2D eigenvalue weighted by molar-refractivity contribution is 0.0292. The minimum atomic E-state index is -1.68. The predicted molar refractivity (Wildman–Crippen MR) is 57.1 cm³/mol. The van der Waals surface area contributed by atoms with Crippen LogP contribution in [0.5, 0.6) is 0 Å². The zero-order valence-corrected chi connectivity index (χ0v) is 8.73. The van der Waals surface area contributed by atoms with Crippen LogP contribution in [-0.2, 0) is 11.3 Å². The Kier molecular flexibility index (Phi) is 5.97. The van der Waals surface area contributed by atoms with Gasteiger partial charge in [-0.25, -0.2) is 4.39 Å². The van der Waals surface area contributed by atoms with E-state index in [0.29, 0.717) is 19.6 Å². The van der Waals surface area contributed by atoms with E-state index < -0.39 is 6.36 Å². The van der Waals surface area contributed by atoms with E-state index in [0.717, 1.165) is 12.0 Å². The van der Waals surface area contributed by atoms with E-state index in [1.807, 2.05) is 30.3 Å². The molecular formula is C12H17FO2. The van der Waals surface area contributed by atoms with Crippen molar-refractivity contribution < 1.29 is 14.2 Å². The van der Waals surface area contributed by atoms with Crippen LogP contribution in [0.15, 0.2) is 30.3 Å². The summed E-state index contributed by atoms with van der Waals surface area (Å²) in [4.78, 5) is 0. The Hall–Kier alpha value is -0.930. The molecule has 0 spiro atoms. The first kappa shape index (κ1) is 12.1. The SMILES string of the molecule is OC(F)CCCCOCc1ccccc1. The summed E-state index contributed by atoms with van der Waals surface area (Å²) >= 11 is 0. The maximum Gasteiger partial charge on any atom is 0.196 e. The molecule has 0 fully saturated rings. The molecule has 1 aromatic carbocycles. The Bertz CT molecular complexity index is 249. The van der Waals surface area contributed by atoms with Gasteiger partial charge in [0.2, 0.25) is 0 Å². The first-order valence-electron chi connectivity index (χ1n) is 5.23. The van der Waals surface area contributed by atoms with Crippen LogP contribution in [-0.4, -0.2) is 18.1 Å². The van der Waals surface area contributed by atoms with E-state index in [9.17, 15) is 4.39 Å². The lowest BCUT2D eigenvalue weighted by atomic mass is 10.2. The van der Waals surface area contributed by atoms with Crippen molar-refractivity contribution in [2.24, 2.45) is 0 Å². The molecule has 1 N–H and O–H groups in total. The van der Waals surface area contributed by atoms with Crippen LogP contribution in [0.3, 0.4) is 0 Å². The number of halogens is 1. The quantitative estimate of drug-likeness (QED) is 0.704. The number of benzene rings is 1. The second kappa shape index (κ2) is 7.37. The number of hydrogen-bond donors (Lipinski definition) is 1. The lowest BCUT2D eigenvalue weighted by Gasteiger charge is -2.04. The fraction of sp³-hybridized carbons (Fsp3) is 0.500. The van der Waals surface area contributed by atoms with Gasteiger partial charge >= 0.3 is 0 Å². The molecule has 0 saturated carbocycles. The number of rotatable bonds is 7. The van der Waals surface area contributed by atoms with Crippen LogP contribution in [0.25, 0.3) is 0 Å². The fourth-order valence-corrected chi connectivity index (χ4v) is 1.28. The van der Waals surface area contributed by atoms with Crippen LogP contribution in [0.2, 0.25) is 0 Å². The number of aliphatic hydroxyl groups excluding tert-OH is 1. The first-order valence-corrected chi connectivity index (χ1v) is 5.23. The molecule has 0 heterocycles. The molecule has 1 aromatic rings. The highest BCUT2D eigenvalue weighted by Gasteiger charge is 1.98. The standard InChI is InChI=1S/C12H17FO2/c13-12(14)8-4-5-9-15-10-11-6-2-1-3-7-11/h1-3,6-7,12,14H,4-5,8-10H2. The van der Waals surface area contributed by atoms with Gasteiger partial charge in [0.15, 0.2) is 6.36 Å². The summed E-state index contributed by atoms with van der Waals surface area (Å²) in [6.07, 6.45) is -0.0336. The summed E-state index contributed by atoms with van der Waals surface area (Å²) in [6, 6.07) is 9.92. The number of alkyl halides is 1. The van der Waals surface area contributed by atoms with Gasteiger partial charge in [0.05, 0.1) is 6.61 Å². The summed E-state index contributed by atoms with van der Waals surface area (Å²) < 4.78 is 17.4. The molecule has 0 aliphatic rings. The number of unbranched alkanes of at least 4 members (excludes halogenated alkanes) is 1. The molecule has 0 aliphatic heterocycles. The van der Waals surface area contributed by atoms with Gasteiger partial charge in [-0.15, -0.1) is 0 Å². The topological polar surface area (TPSA) is 29.5 Å². The second-order valence-corrected chi connectivity index (χ2v) is 3.47. The molecule has 0 aliphatic carbocycles. The molecule has 15 heavy (non-hydrogen) atoms. The van der Waals surface area contributed by atoms with E-state index in [-0.39, 0.29) is 6.42 Å². The molecular weight excluding hydrogens is 195 g/mol. The van der Waals surface area contributed by atoms with Crippen molar-refractivity contribution in [2.45, 2.75) is 32.2 Å². The summed E-state index contributed by atoms with van der Waals surface area (Å²) in [7, 11) is 0. The van der Waals surface area contributed by atoms with Crippen LogP contribution >= 0.6 is 0 Å². The summed E-state index contributed by atoms with van der Waals surface area (Å²) in [5.41, 5.74) is 1.14. The maximum atomic E-state index is 12.0. The summed E-state index contributed by atoms with van der Waals surface area (Å²) in [5, 5.41) is 8.38. The minimum absolute atomic E-state index is 0.203. The van der Waals surface area contributed by atoms with Gasteiger partial charge in [-0.1, -0.05) is 30.3 Å². The number of ether oxygens (including phenoxy) is 1. The van der Waals surface area contributed by atoms with Gasteiger partial charge in [-0.3, -0.25) is 0 Å². The van der Waals surface area contributed by atoms with E-state index in [4.69, 9.17) is 9.84 Å². The van der Waals surface area contributed by atoms with Crippen LogP contribution in [0.1, 0.15) is 24.8 Å². The van der Waals surface area contributed by atoms with E-state index >= 15 is 0 Å². The molecule has 0 saturated heterocycles. The third-order valence-electron chi connectivity index (χ3n) is 2.09. The van der Waals surface area contributed by atoms with Crippen molar-refractivity contribution in [2.75, 3.05) is 6.61 Å². The van der Waals surface area contributed by atoms with E-state index in [1.54, 1.807) is 0 Å². The molecule has 0 bridgehead atoms. The van der Waals surface area contributed by atoms with Gasteiger partial charge in [0.1, 0.15) is 0 Å². The zero-order chi connectivity index (χ0) is 10.9. The van der Waals surface area contributed by atoms with Crippen LogP contribution in [0.4, 0.5) is 4.39 Å². The van der Waals surface area contributed by atoms with Gasteiger partial charge in [0, 0.05) is 13.0 Å². The third-order valence-corrected chi connectivity index (χ3v) is 2.09. The van der Waals surface area contributed by atoms with Gasteiger partial charge in [-0.05, 0) is 18.4 Å². The molecule has 0 radical (unpaired) electrons. The smallest absolute Gasteiger partial charge is 0.196 e. The van der Waals surface area contributed by atoms with E-state index in [1.165, 1.54) is 0 Å². The molecule has 84 valence electrons. The van der Waals surface area contributed by atoms with Gasteiger partial charge < -0.3 is 9.84 Å². The van der Waals surface area contributed by atoms with Crippen LogP contribution in [0, 0.1) is 0 Å². The Labute approximate surface area is 89.7 Å². The minimum Gasteiger partial charge on any atom is -0.377 e. The molecule has 3 heteroatoms. The highest BCUT2D eigenvalue weighted by molar-refractivity contribution is 5.13. The molecule has 0 amide bonds. The highest BCUT2D eigenvalue weighted by Crippen LogP contribution is 2.04. The average Bonchev–Trinajstić information content (AvgIpc) is 2.24. The molecule has 1 atom stereocenters. The van der Waals surface area contributed by atoms with Gasteiger partial charge in [0.25, 0.3) is 0 Å². The van der Waals surface area contributed by atoms with Crippen molar-refractivity contribution in [1.29, 1.82) is 0 Å². The Morgan fingerprint density at radius 3 is 2.60 bits per heavy atom.